The van der Waals surface area contributed by atoms with Crippen LogP contribution in [0.1, 0.15) is 75.1 Å². The summed E-state index contributed by atoms with van der Waals surface area (Å²) in [7, 11) is 0. The van der Waals surface area contributed by atoms with Crippen molar-refractivity contribution in [2.75, 3.05) is 6.54 Å². The van der Waals surface area contributed by atoms with Crippen LogP contribution in [0.3, 0.4) is 0 Å². The van der Waals surface area contributed by atoms with Crippen molar-refractivity contribution in [2.45, 2.75) is 58.4 Å². The maximum absolute atomic E-state index is 10.6. The molecule has 0 bridgehead atoms. The lowest BCUT2D eigenvalue weighted by molar-refractivity contribution is 0.444. The predicted octanol–water partition coefficient (Wildman–Crippen LogP) is 4.06. The Hall–Kier alpha value is -1.02. The standard InChI is InChI=1S/C16H25NO/c1-10(2)12-7-8-13(11(3)4)16(18)15(12)14-6-5-9-17-14/h7-8,10-11,14,17-18H,5-6,9H2,1-4H3. The first kappa shape index (κ1) is 13.4. The molecule has 2 rings (SSSR count). The molecule has 0 radical (unpaired) electrons. The normalized spacial score (nSPS) is 20.0. The number of phenolic OH excluding ortho intramolecular Hbond substituents is 1. The molecule has 2 N–H and O–H groups in total. The van der Waals surface area contributed by atoms with Crippen LogP contribution in [0.4, 0.5) is 0 Å². The zero-order valence-corrected chi connectivity index (χ0v) is 12.0. The highest BCUT2D eigenvalue weighted by Gasteiger charge is 2.25. The summed E-state index contributed by atoms with van der Waals surface area (Å²) in [5, 5.41) is 14.1. The third kappa shape index (κ3) is 2.39. The second-order valence-corrected chi connectivity index (χ2v) is 5.96. The topological polar surface area (TPSA) is 32.3 Å². The molecule has 0 spiro atoms. The molecule has 1 saturated heterocycles. The summed E-state index contributed by atoms with van der Waals surface area (Å²) in [5.74, 6) is 1.34. The van der Waals surface area contributed by atoms with E-state index in [1.807, 2.05) is 0 Å². The number of benzene rings is 1. The van der Waals surface area contributed by atoms with Gasteiger partial charge in [0.05, 0.1) is 0 Å². The molecule has 1 aliphatic rings. The zero-order valence-electron chi connectivity index (χ0n) is 12.0. The molecule has 0 aromatic heterocycles. The summed E-state index contributed by atoms with van der Waals surface area (Å²) in [4.78, 5) is 0. The molecule has 0 amide bonds. The van der Waals surface area contributed by atoms with Crippen LogP contribution >= 0.6 is 0 Å². The molecular weight excluding hydrogens is 222 g/mol. The van der Waals surface area contributed by atoms with Gasteiger partial charge in [-0.2, -0.15) is 0 Å². The van der Waals surface area contributed by atoms with E-state index in [1.54, 1.807) is 0 Å². The average molecular weight is 247 g/mol. The van der Waals surface area contributed by atoms with Crippen molar-refractivity contribution in [2.24, 2.45) is 0 Å². The third-order valence-electron chi connectivity index (χ3n) is 3.93. The van der Waals surface area contributed by atoms with Crippen LogP contribution in [0.15, 0.2) is 12.1 Å². The van der Waals surface area contributed by atoms with E-state index in [4.69, 9.17) is 0 Å². The second kappa shape index (κ2) is 5.31. The van der Waals surface area contributed by atoms with E-state index in [1.165, 1.54) is 12.0 Å². The van der Waals surface area contributed by atoms with Crippen LogP contribution in [0.25, 0.3) is 0 Å². The minimum atomic E-state index is 0.334. The van der Waals surface area contributed by atoms with Crippen molar-refractivity contribution in [1.82, 2.24) is 5.32 Å². The molecule has 0 aliphatic carbocycles. The van der Waals surface area contributed by atoms with Crippen molar-refractivity contribution >= 4 is 0 Å². The van der Waals surface area contributed by atoms with Crippen molar-refractivity contribution < 1.29 is 5.11 Å². The Morgan fingerprint density at radius 1 is 1.11 bits per heavy atom. The zero-order chi connectivity index (χ0) is 13.3. The Kier molecular flexibility index (Phi) is 3.96. The molecule has 0 saturated carbocycles. The van der Waals surface area contributed by atoms with E-state index >= 15 is 0 Å². The van der Waals surface area contributed by atoms with Crippen LogP contribution in [0, 0.1) is 0 Å². The monoisotopic (exact) mass is 247 g/mol. The van der Waals surface area contributed by atoms with Crippen LogP contribution in [0.2, 0.25) is 0 Å². The molecule has 1 unspecified atom stereocenters. The molecule has 100 valence electrons. The first-order valence-electron chi connectivity index (χ1n) is 7.11. The van der Waals surface area contributed by atoms with Gasteiger partial charge >= 0.3 is 0 Å². The summed E-state index contributed by atoms with van der Waals surface area (Å²) in [6.07, 6.45) is 2.34. The minimum absolute atomic E-state index is 0.334. The van der Waals surface area contributed by atoms with E-state index in [-0.39, 0.29) is 0 Å². The van der Waals surface area contributed by atoms with Gasteiger partial charge in [0.2, 0.25) is 0 Å². The molecule has 1 aliphatic heterocycles. The van der Waals surface area contributed by atoms with Crippen LogP contribution < -0.4 is 5.32 Å². The van der Waals surface area contributed by atoms with Gasteiger partial charge in [0.15, 0.2) is 0 Å². The summed E-state index contributed by atoms with van der Waals surface area (Å²) in [6.45, 7) is 9.73. The fourth-order valence-electron chi connectivity index (χ4n) is 2.91. The smallest absolute Gasteiger partial charge is 0.124 e. The number of hydrogen-bond donors (Lipinski definition) is 2. The molecule has 18 heavy (non-hydrogen) atoms. The fraction of sp³-hybridized carbons (Fsp3) is 0.625. The molecule has 1 fully saturated rings. The average Bonchev–Trinajstić information content (AvgIpc) is 2.80. The van der Waals surface area contributed by atoms with E-state index in [2.05, 4.69) is 45.1 Å². The lowest BCUT2D eigenvalue weighted by atomic mass is 9.87. The third-order valence-corrected chi connectivity index (χ3v) is 3.93. The Morgan fingerprint density at radius 2 is 1.72 bits per heavy atom. The van der Waals surface area contributed by atoms with Gasteiger partial charge < -0.3 is 10.4 Å². The SMILES string of the molecule is CC(C)c1ccc(C(C)C)c(C2CCCN2)c1O. The summed E-state index contributed by atoms with van der Waals surface area (Å²) < 4.78 is 0. The van der Waals surface area contributed by atoms with Crippen molar-refractivity contribution in [3.05, 3.63) is 28.8 Å². The van der Waals surface area contributed by atoms with Crippen LogP contribution in [-0.2, 0) is 0 Å². The lowest BCUT2D eigenvalue weighted by Crippen LogP contribution is -2.16. The lowest BCUT2D eigenvalue weighted by Gasteiger charge is -2.23. The summed E-state index contributed by atoms with van der Waals surface area (Å²) >= 11 is 0. The van der Waals surface area contributed by atoms with Gasteiger partial charge in [-0.3, -0.25) is 0 Å². The van der Waals surface area contributed by atoms with Gasteiger partial charge in [0.1, 0.15) is 5.75 Å². The van der Waals surface area contributed by atoms with Crippen molar-refractivity contribution in [3.8, 4) is 5.75 Å². The maximum Gasteiger partial charge on any atom is 0.124 e. The Bertz CT molecular complexity index is 417. The van der Waals surface area contributed by atoms with E-state index in [0.717, 1.165) is 24.1 Å². The largest absolute Gasteiger partial charge is 0.507 e. The van der Waals surface area contributed by atoms with Crippen LogP contribution in [-0.4, -0.2) is 11.7 Å². The number of nitrogens with one attached hydrogen (secondary N) is 1. The minimum Gasteiger partial charge on any atom is -0.507 e. The number of aromatic hydroxyl groups is 1. The molecule has 1 atom stereocenters. The first-order valence-corrected chi connectivity index (χ1v) is 7.11. The first-order chi connectivity index (χ1) is 8.52. The highest BCUT2D eigenvalue weighted by molar-refractivity contribution is 5.50. The Balaban J connectivity index is 2.52. The van der Waals surface area contributed by atoms with E-state index in [9.17, 15) is 5.11 Å². The van der Waals surface area contributed by atoms with Crippen LogP contribution in [0.5, 0.6) is 5.75 Å². The number of rotatable bonds is 3. The Morgan fingerprint density at radius 3 is 2.22 bits per heavy atom. The molecule has 1 aromatic carbocycles. The second-order valence-electron chi connectivity index (χ2n) is 5.96. The molecule has 2 heteroatoms. The van der Waals surface area contributed by atoms with E-state index in [0.29, 0.717) is 23.6 Å². The maximum atomic E-state index is 10.6. The van der Waals surface area contributed by atoms with Gasteiger partial charge in [-0.15, -0.1) is 0 Å². The summed E-state index contributed by atoms with van der Waals surface area (Å²) in [6, 6.07) is 4.63. The highest BCUT2D eigenvalue weighted by atomic mass is 16.3. The van der Waals surface area contributed by atoms with Gasteiger partial charge in [-0.05, 0) is 42.3 Å². The van der Waals surface area contributed by atoms with Crippen molar-refractivity contribution in [1.29, 1.82) is 0 Å². The Labute approximate surface area is 110 Å². The van der Waals surface area contributed by atoms with E-state index < -0.39 is 0 Å². The van der Waals surface area contributed by atoms with Gasteiger partial charge in [-0.25, -0.2) is 0 Å². The molecule has 2 nitrogen and oxygen atoms in total. The highest BCUT2D eigenvalue weighted by Crippen LogP contribution is 2.40. The molecular formula is C16H25NO. The molecule has 1 aromatic rings. The van der Waals surface area contributed by atoms with Crippen molar-refractivity contribution in [3.63, 3.8) is 0 Å². The van der Waals surface area contributed by atoms with Gasteiger partial charge in [0, 0.05) is 11.6 Å². The number of hydrogen-bond acceptors (Lipinski definition) is 2. The van der Waals surface area contributed by atoms with Gasteiger partial charge in [-0.1, -0.05) is 39.8 Å². The predicted molar refractivity (Wildman–Crippen MR) is 76.3 cm³/mol. The fourth-order valence-corrected chi connectivity index (χ4v) is 2.91. The number of phenols is 1. The summed E-state index contributed by atoms with van der Waals surface area (Å²) in [5.41, 5.74) is 3.51. The quantitative estimate of drug-likeness (QED) is 0.844. The van der Waals surface area contributed by atoms with Gasteiger partial charge in [0.25, 0.3) is 0 Å². The molecule has 1 heterocycles.